The van der Waals surface area contributed by atoms with Crippen molar-refractivity contribution in [2.45, 2.75) is 19.9 Å². The van der Waals surface area contributed by atoms with Crippen LogP contribution in [0.3, 0.4) is 0 Å². The first-order valence-electron chi connectivity index (χ1n) is 9.51. The fourth-order valence-electron chi connectivity index (χ4n) is 3.57. The lowest BCUT2D eigenvalue weighted by molar-refractivity contribution is 0.102. The standard InChI is InChI=1S/C21H24N4O3/c1-14(2)25-19-8-3-15(13-18(19)23-21(25)27)20(26)22-16-4-6-17(7-5-16)24-9-11-28-12-10-24/h3-8,13-14H,9-12H2,1-2H3,(H,22,26)(H,23,27). The van der Waals surface area contributed by atoms with Gasteiger partial charge in [-0.2, -0.15) is 0 Å². The van der Waals surface area contributed by atoms with E-state index in [0.29, 0.717) is 11.1 Å². The van der Waals surface area contributed by atoms with Crippen LogP contribution < -0.4 is 15.9 Å². The smallest absolute Gasteiger partial charge is 0.326 e. The fraction of sp³-hybridized carbons (Fsp3) is 0.333. The van der Waals surface area contributed by atoms with Gasteiger partial charge in [-0.15, -0.1) is 0 Å². The van der Waals surface area contributed by atoms with E-state index < -0.39 is 0 Å². The Kier molecular flexibility index (Phi) is 4.92. The second-order valence-corrected chi connectivity index (χ2v) is 7.23. The number of morpholine rings is 1. The number of ether oxygens (including phenoxy) is 1. The molecule has 7 nitrogen and oxygen atoms in total. The van der Waals surface area contributed by atoms with Crippen LogP contribution in [0.15, 0.2) is 47.3 Å². The Bertz CT molecular complexity index is 1040. The van der Waals surface area contributed by atoms with Gasteiger partial charge < -0.3 is 19.9 Å². The molecule has 7 heteroatoms. The molecule has 3 aromatic rings. The van der Waals surface area contributed by atoms with Gasteiger partial charge in [0.25, 0.3) is 5.91 Å². The number of aromatic nitrogens is 2. The van der Waals surface area contributed by atoms with Gasteiger partial charge >= 0.3 is 5.69 Å². The molecule has 1 amide bonds. The molecule has 2 N–H and O–H groups in total. The molecule has 2 heterocycles. The molecule has 1 aliphatic heterocycles. The minimum atomic E-state index is -0.209. The number of imidazole rings is 1. The van der Waals surface area contributed by atoms with Crippen LogP contribution in [0.25, 0.3) is 11.0 Å². The van der Waals surface area contributed by atoms with Crippen molar-refractivity contribution in [2.24, 2.45) is 0 Å². The van der Waals surface area contributed by atoms with E-state index in [9.17, 15) is 9.59 Å². The Labute approximate surface area is 162 Å². The zero-order valence-electron chi connectivity index (χ0n) is 16.1. The minimum absolute atomic E-state index is 0.0471. The summed E-state index contributed by atoms with van der Waals surface area (Å²) in [7, 11) is 0. The molecule has 146 valence electrons. The highest BCUT2D eigenvalue weighted by Gasteiger charge is 2.14. The summed E-state index contributed by atoms with van der Waals surface area (Å²) in [6.45, 7) is 7.13. The first kappa shape index (κ1) is 18.3. The van der Waals surface area contributed by atoms with E-state index in [4.69, 9.17) is 4.74 Å². The number of nitrogens with zero attached hydrogens (tertiary/aromatic N) is 2. The van der Waals surface area contributed by atoms with Crippen LogP contribution in [0, 0.1) is 0 Å². The highest BCUT2D eigenvalue weighted by Crippen LogP contribution is 2.21. The Morgan fingerprint density at radius 1 is 1.11 bits per heavy atom. The predicted molar refractivity (Wildman–Crippen MR) is 110 cm³/mol. The number of rotatable bonds is 4. The molecule has 2 aromatic carbocycles. The predicted octanol–water partition coefficient (Wildman–Crippen LogP) is 3.00. The molecule has 0 radical (unpaired) electrons. The molecule has 0 unspecified atom stereocenters. The van der Waals surface area contributed by atoms with Gasteiger partial charge in [-0.25, -0.2) is 4.79 Å². The fourth-order valence-corrected chi connectivity index (χ4v) is 3.57. The van der Waals surface area contributed by atoms with E-state index in [-0.39, 0.29) is 17.6 Å². The Morgan fingerprint density at radius 3 is 2.50 bits per heavy atom. The van der Waals surface area contributed by atoms with Crippen molar-refractivity contribution < 1.29 is 9.53 Å². The summed E-state index contributed by atoms with van der Waals surface area (Å²) in [5.74, 6) is -0.209. The van der Waals surface area contributed by atoms with Crippen LogP contribution in [0.4, 0.5) is 11.4 Å². The third-order valence-corrected chi connectivity index (χ3v) is 5.00. The largest absolute Gasteiger partial charge is 0.378 e. The summed E-state index contributed by atoms with van der Waals surface area (Å²) in [4.78, 5) is 29.8. The lowest BCUT2D eigenvalue weighted by atomic mass is 10.1. The molecule has 1 fully saturated rings. The number of anilines is 2. The van der Waals surface area contributed by atoms with Gasteiger partial charge in [0.1, 0.15) is 0 Å². The molecular formula is C21H24N4O3. The SMILES string of the molecule is CC(C)n1c(=O)[nH]c2cc(C(=O)Nc3ccc(N4CCOCC4)cc3)ccc21. The summed E-state index contributed by atoms with van der Waals surface area (Å²) >= 11 is 0. The summed E-state index contributed by atoms with van der Waals surface area (Å²) in [6, 6.07) is 13.1. The molecular weight excluding hydrogens is 356 g/mol. The number of hydrogen-bond acceptors (Lipinski definition) is 4. The summed E-state index contributed by atoms with van der Waals surface area (Å²) < 4.78 is 7.06. The zero-order chi connectivity index (χ0) is 19.7. The van der Waals surface area contributed by atoms with Crippen LogP contribution >= 0.6 is 0 Å². The highest BCUT2D eigenvalue weighted by atomic mass is 16.5. The van der Waals surface area contributed by atoms with Crippen molar-refractivity contribution in [3.05, 3.63) is 58.5 Å². The molecule has 28 heavy (non-hydrogen) atoms. The van der Waals surface area contributed by atoms with E-state index in [1.54, 1.807) is 16.7 Å². The van der Waals surface area contributed by atoms with Crippen LogP contribution in [0.5, 0.6) is 0 Å². The van der Waals surface area contributed by atoms with Gasteiger partial charge in [0, 0.05) is 36.1 Å². The van der Waals surface area contributed by atoms with Crippen LogP contribution in [-0.4, -0.2) is 41.8 Å². The van der Waals surface area contributed by atoms with Crippen molar-refractivity contribution in [3.8, 4) is 0 Å². The number of aromatic amines is 1. The number of benzene rings is 2. The summed E-state index contributed by atoms with van der Waals surface area (Å²) in [5, 5.41) is 2.92. The van der Waals surface area contributed by atoms with E-state index in [0.717, 1.165) is 43.2 Å². The molecule has 0 bridgehead atoms. The highest BCUT2D eigenvalue weighted by molar-refractivity contribution is 6.06. The number of nitrogens with one attached hydrogen (secondary N) is 2. The molecule has 0 atom stereocenters. The molecule has 0 aliphatic carbocycles. The third-order valence-electron chi connectivity index (χ3n) is 5.00. The first-order valence-corrected chi connectivity index (χ1v) is 9.51. The molecule has 4 rings (SSSR count). The number of amides is 1. The minimum Gasteiger partial charge on any atom is -0.378 e. The van der Waals surface area contributed by atoms with Crippen molar-refractivity contribution in [1.82, 2.24) is 9.55 Å². The lowest BCUT2D eigenvalue weighted by Gasteiger charge is -2.28. The third kappa shape index (κ3) is 3.53. The van der Waals surface area contributed by atoms with Gasteiger partial charge in [0.2, 0.25) is 0 Å². The second-order valence-electron chi connectivity index (χ2n) is 7.23. The average molecular weight is 380 g/mol. The maximum Gasteiger partial charge on any atom is 0.326 e. The van der Waals surface area contributed by atoms with Gasteiger partial charge in [-0.1, -0.05) is 0 Å². The van der Waals surface area contributed by atoms with E-state index in [2.05, 4.69) is 15.2 Å². The molecule has 0 spiro atoms. The maximum atomic E-state index is 12.6. The second kappa shape index (κ2) is 7.52. The van der Waals surface area contributed by atoms with Crippen LogP contribution in [0.1, 0.15) is 30.2 Å². The lowest BCUT2D eigenvalue weighted by Crippen LogP contribution is -2.36. The molecule has 0 saturated carbocycles. The maximum absolute atomic E-state index is 12.6. The van der Waals surface area contributed by atoms with Gasteiger partial charge in [-0.05, 0) is 56.3 Å². The number of hydrogen-bond donors (Lipinski definition) is 2. The number of carbonyl (C=O) groups excluding carboxylic acids is 1. The summed E-state index contributed by atoms with van der Waals surface area (Å²) in [5.41, 5.74) is 3.65. The summed E-state index contributed by atoms with van der Waals surface area (Å²) in [6.07, 6.45) is 0. The Balaban J connectivity index is 1.51. The Morgan fingerprint density at radius 2 is 1.82 bits per heavy atom. The van der Waals surface area contributed by atoms with Gasteiger partial charge in [0.05, 0.1) is 24.2 Å². The van der Waals surface area contributed by atoms with Crippen molar-refractivity contribution >= 4 is 28.3 Å². The quantitative estimate of drug-likeness (QED) is 0.729. The number of carbonyl (C=O) groups is 1. The van der Waals surface area contributed by atoms with Crippen molar-refractivity contribution in [1.29, 1.82) is 0 Å². The Hall–Kier alpha value is -3.06. The van der Waals surface area contributed by atoms with Crippen molar-refractivity contribution in [3.63, 3.8) is 0 Å². The topological polar surface area (TPSA) is 79.4 Å². The number of fused-ring (bicyclic) bond motifs is 1. The zero-order valence-corrected chi connectivity index (χ0v) is 16.1. The van der Waals surface area contributed by atoms with E-state index in [1.165, 1.54) is 0 Å². The van der Waals surface area contributed by atoms with Gasteiger partial charge in [0.15, 0.2) is 0 Å². The van der Waals surface area contributed by atoms with Crippen LogP contribution in [0.2, 0.25) is 0 Å². The average Bonchev–Trinajstić information content (AvgIpc) is 3.04. The number of H-pyrrole nitrogens is 1. The van der Waals surface area contributed by atoms with E-state index in [1.807, 2.05) is 44.2 Å². The normalized spacial score (nSPS) is 14.6. The molecule has 1 aliphatic rings. The van der Waals surface area contributed by atoms with Crippen LogP contribution in [-0.2, 0) is 4.74 Å². The van der Waals surface area contributed by atoms with Gasteiger partial charge in [-0.3, -0.25) is 9.36 Å². The van der Waals surface area contributed by atoms with E-state index >= 15 is 0 Å². The van der Waals surface area contributed by atoms with Crippen molar-refractivity contribution in [2.75, 3.05) is 36.5 Å². The monoisotopic (exact) mass is 380 g/mol. The molecule has 1 saturated heterocycles. The first-order chi connectivity index (χ1) is 13.5. The molecule has 1 aromatic heterocycles.